The molecule has 2 heterocycles. The summed E-state index contributed by atoms with van der Waals surface area (Å²) in [6.07, 6.45) is 6.55. The van der Waals surface area contributed by atoms with E-state index in [1.54, 1.807) is 47.3 Å². The fourth-order valence-electron chi connectivity index (χ4n) is 3.11. The second-order valence-corrected chi connectivity index (χ2v) is 6.62. The normalized spacial score (nSPS) is 10.6. The maximum atomic E-state index is 12.5. The van der Waals surface area contributed by atoms with Gasteiger partial charge in [-0.25, -0.2) is 9.97 Å². The van der Waals surface area contributed by atoms with E-state index in [4.69, 9.17) is 5.26 Å². The first-order valence-corrected chi connectivity index (χ1v) is 8.97. The van der Waals surface area contributed by atoms with E-state index in [1.807, 2.05) is 18.3 Å². The lowest BCUT2D eigenvalue weighted by Gasteiger charge is -2.05. The molecule has 2 N–H and O–H groups in total. The van der Waals surface area contributed by atoms with Gasteiger partial charge in [0.25, 0.3) is 5.91 Å². The summed E-state index contributed by atoms with van der Waals surface area (Å²) in [6.45, 7) is 0.796. The van der Waals surface area contributed by atoms with Gasteiger partial charge in [-0.1, -0.05) is 12.1 Å². The van der Waals surface area contributed by atoms with Crippen LogP contribution in [0.1, 0.15) is 27.0 Å². The summed E-state index contributed by atoms with van der Waals surface area (Å²) >= 11 is 0. The van der Waals surface area contributed by atoms with E-state index in [0.717, 1.165) is 16.5 Å². The number of benzene rings is 2. The van der Waals surface area contributed by atoms with Crippen LogP contribution < -0.4 is 5.32 Å². The molecule has 0 aliphatic carbocycles. The molecule has 0 saturated carbocycles. The average molecular weight is 383 g/mol. The van der Waals surface area contributed by atoms with Crippen LogP contribution in [-0.4, -0.2) is 25.5 Å². The molecule has 0 radical (unpaired) electrons. The molecule has 29 heavy (non-hydrogen) atoms. The molecule has 142 valence electrons. The number of rotatable bonds is 5. The zero-order chi connectivity index (χ0) is 20.2. The number of carbonyl (C=O) groups excluding carboxylic acids is 1. The Bertz CT molecular complexity index is 1210. The number of carbonyl (C=O) groups is 1. The molecule has 0 aliphatic heterocycles. The Balaban J connectivity index is 1.53. The van der Waals surface area contributed by atoms with E-state index < -0.39 is 0 Å². The van der Waals surface area contributed by atoms with Crippen molar-refractivity contribution in [2.24, 2.45) is 0 Å². The monoisotopic (exact) mass is 383 g/mol. The van der Waals surface area contributed by atoms with Gasteiger partial charge in [0.1, 0.15) is 6.33 Å². The van der Waals surface area contributed by atoms with Crippen molar-refractivity contribution in [3.8, 4) is 11.9 Å². The Hall–Kier alpha value is -4.18. The summed E-state index contributed by atoms with van der Waals surface area (Å²) in [5.41, 5.74) is 2.87. The first-order chi connectivity index (χ1) is 14.1. The van der Waals surface area contributed by atoms with Crippen molar-refractivity contribution < 1.29 is 9.90 Å². The minimum atomic E-state index is -0.213. The zero-order valence-corrected chi connectivity index (χ0v) is 15.4. The number of nitrogens with zero attached hydrogens (tertiary/aromatic N) is 4. The number of hydrogen-bond acceptors (Lipinski definition) is 5. The molecule has 7 nitrogen and oxygen atoms in total. The van der Waals surface area contributed by atoms with Gasteiger partial charge < -0.3 is 15.0 Å². The number of aromatic nitrogens is 3. The molecule has 0 unspecified atom stereocenters. The Kier molecular flexibility index (Phi) is 4.91. The van der Waals surface area contributed by atoms with E-state index in [2.05, 4.69) is 21.4 Å². The van der Waals surface area contributed by atoms with E-state index in [0.29, 0.717) is 29.6 Å². The Morgan fingerprint density at radius 1 is 1.10 bits per heavy atom. The van der Waals surface area contributed by atoms with Crippen molar-refractivity contribution in [1.29, 1.82) is 5.26 Å². The van der Waals surface area contributed by atoms with Crippen LogP contribution in [0.4, 0.5) is 0 Å². The fourth-order valence-corrected chi connectivity index (χ4v) is 3.11. The van der Waals surface area contributed by atoms with Crippen molar-refractivity contribution in [3.05, 3.63) is 89.6 Å². The highest BCUT2D eigenvalue weighted by atomic mass is 16.3. The third kappa shape index (κ3) is 3.92. The van der Waals surface area contributed by atoms with Crippen molar-refractivity contribution in [3.63, 3.8) is 0 Å². The van der Waals surface area contributed by atoms with E-state index in [-0.39, 0.29) is 11.8 Å². The Labute approximate surface area is 166 Å². The van der Waals surface area contributed by atoms with Crippen molar-refractivity contribution in [2.75, 3.05) is 0 Å². The highest BCUT2D eigenvalue weighted by molar-refractivity contribution is 5.99. The predicted octanol–water partition coefficient (Wildman–Crippen LogP) is 2.99. The average Bonchev–Trinajstić information content (AvgIpc) is 3.08. The van der Waals surface area contributed by atoms with Gasteiger partial charge in [0, 0.05) is 47.0 Å². The zero-order valence-electron chi connectivity index (χ0n) is 15.4. The maximum absolute atomic E-state index is 12.5. The highest BCUT2D eigenvalue weighted by Crippen LogP contribution is 2.28. The second-order valence-electron chi connectivity index (χ2n) is 6.62. The number of aromatic hydroxyl groups is 1. The van der Waals surface area contributed by atoms with Crippen LogP contribution in [0.25, 0.3) is 10.8 Å². The predicted molar refractivity (Wildman–Crippen MR) is 107 cm³/mol. The van der Waals surface area contributed by atoms with Crippen LogP contribution >= 0.6 is 0 Å². The molecule has 0 bridgehead atoms. The summed E-state index contributed by atoms with van der Waals surface area (Å²) in [7, 11) is 0. The Morgan fingerprint density at radius 3 is 2.59 bits per heavy atom. The topological polar surface area (TPSA) is 104 Å². The van der Waals surface area contributed by atoms with E-state index >= 15 is 0 Å². The molecule has 2 aromatic heterocycles. The lowest BCUT2D eigenvalue weighted by atomic mass is 10.1. The summed E-state index contributed by atoms with van der Waals surface area (Å²) in [4.78, 5) is 20.3. The largest absolute Gasteiger partial charge is 0.494 e. The molecule has 0 saturated heterocycles. The lowest BCUT2D eigenvalue weighted by Crippen LogP contribution is -2.22. The van der Waals surface area contributed by atoms with Gasteiger partial charge in [0.05, 0.1) is 18.2 Å². The van der Waals surface area contributed by atoms with Crippen molar-refractivity contribution in [1.82, 2.24) is 19.9 Å². The highest BCUT2D eigenvalue weighted by Gasteiger charge is 2.12. The fraction of sp³-hybridized carbons (Fsp3) is 0.0909. The summed E-state index contributed by atoms with van der Waals surface area (Å²) in [6, 6.07) is 14.5. The van der Waals surface area contributed by atoms with Gasteiger partial charge in [-0.3, -0.25) is 4.79 Å². The quantitative estimate of drug-likeness (QED) is 0.551. The van der Waals surface area contributed by atoms with Crippen LogP contribution in [0.15, 0.2) is 67.4 Å². The van der Waals surface area contributed by atoms with E-state index in [1.165, 1.54) is 6.33 Å². The third-order valence-electron chi connectivity index (χ3n) is 4.62. The molecular weight excluding hydrogens is 366 g/mol. The van der Waals surface area contributed by atoms with Crippen LogP contribution in [0.5, 0.6) is 5.88 Å². The molecule has 1 amide bonds. The Morgan fingerprint density at radius 2 is 1.86 bits per heavy atom. The molecular formula is C22H17N5O2. The lowest BCUT2D eigenvalue weighted by molar-refractivity contribution is 0.0951. The van der Waals surface area contributed by atoms with Crippen molar-refractivity contribution in [2.45, 2.75) is 13.1 Å². The number of hydrogen-bond donors (Lipinski definition) is 2. The van der Waals surface area contributed by atoms with Crippen molar-refractivity contribution >= 4 is 16.7 Å². The molecule has 0 atom stereocenters. The third-order valence-corrected chi connectivity index (χ3v) is 4.62. The van der Waals surface area contributed by atoms with Crippen LogP contribution in [0, 0.1) is 11.3 Å². The first kappa shape index (κ1) is 18.2. The molecule has 4 aromatic rings. The van der Waals surface area contributed by atoms with Gasteiger partial charge >= 0.3 is 0 Å². The van der Waals surface area contributed by atoms with Gasteiger partial charge in [0.15, 0.2) is 5.88 Å². The molecule has 7 heteroatoms. The molecule has 0 fully saturated rings. The van der Waals surface area contributed by atoms with Crippen LogP contribution in [0.2, 0.25) is 0 Å². The smallest absolute Gasteiger partial charge is 0.251 e. The second kappa shape index (κ2) is 7.82. The molecule has 0 spiro atoms. The number of nitrogens with one attached hydrogen (secondary N) is 1. The van der Waals surface area contributed by atoms with Gasteiger partial charge in [-0.2, -0.15) is 5.26 Å². The number of fused-ring (bicyclic) bond motifs is 1. The summed E-state index contributed by atoms with van der Waals surface area (Å²) in [5.74, 6) is -0.0761. The first-order valence-electron chi connectivity index (χ1n) is 8.97. The number of nitriles is 1. The van der Waals surface area contributed by atoms with Gasteiger partial charge in [-0.05, 0) is 35.9 Å². The van der Waals surface area contributed by atoms with Crippen LogP contribution in [-0.2, 0) is 13.1 Å². The minimum Gasteiger partial charge on any atom is -0.494 e. The van der Waals surface area contributed by atoms with E-state index in [9.17, 15) is 9.90 Å². The SMILES string of the molecule is N#Cc1ccc(Cn2cc3cc(C(=O)NCc4cncnc4)ccc3c2O)cc1. The molecule has 0 aliphatic rings. The standard InChI is InChI=1S/C22H17N5O2/c23-8-15-1-3-16(4-2-15)12-27-13-19-7-18(5-6-20(19)22(27)29)21(28)26-11-17-9-24-14-25-10-17/h1-7,9-10,13-14,29H,11-12H2,(H,26,28). The van der Waals surface area contributed by atoms with Crippen LogP contribution in [0.3, 0.4) is 0 Å². The molecule has 4 rings (SSSR count). The summed E-state index contributed by atoms with van der Waals surface area (Å²) < 4.78 is 1.72. The maximum Gasteiger partial charge on any atom is 0.251 e. The minimum absolute atomic E-state index is 0.137. The molecule has 2 aromatic carbocycles. The van der Waals surface area contributed by atoms with Gasteiger partial charge in [-0.15, -0.1) is 0 Å². The van der Waals surface area contributed by atoms with Gasteiger partial charge in [0.2, 0.25) is 0 Å². The summed E-state index contributed by atoms with van der Waals surface area (Å²) in [5, 5.41) is 23.7. The number of amides is 1.